The number of methoxy groups -OCH3 is 1. The first kappa shape index (κ1) is 21.2. The van der Waals surface area contributed by atoms with Crippen molar-refractivity contribution in [3.8, 4) is 5.75 Å². The van der Waals surface area contributed by atoms with Crippen molar-refractivity contribution in [2.75, 3.05) is 20.7 Å². The lowest BCUT2D eigenvalue weighted by Gasteiger charge is -2.57. The predicted octanol–water partition coefficient (Wildman–Crippen LogP) is 1.29. The molecule has 0 amide bonds. The zero-order valence-electron chi connectivity index (χ0n) is 16.9. The van der Waals surface area contributed by atoms with E-state index < -0.39 is 20.0 Å². The van der Waals surface area contributed by atoms with Gasteiger partial charge in [0.2, 0.25) is 0 Å². The van der Waals surface area contributed by atoms with Crippen LogP contribution in [0.5, 0.6) is 5.75 Å². The average Bonchev–Trinajstić information content (AvgIpc) is 3.05. The molecule has 2 aliphatic heterocycles. The minimum atomic E-state index is -4.60. The van der Waals surface area contributed by atoms with E-state index in [0.717, 1.165) is 30.7 Å². The van der Waals surface area contributed by atoms with Crippen LogP contribution in [0, 0.1) is 5.92 Å². The van der Waals surface area contributed by atoms with Crippen LogP contribution in [0.15, 0.2) is 24.3 Å². The van der Waals surface area contributed by atoms with Gasteiger partial charge in [-0.3, -0.25) is 9.42 Å². The third-order valence-electron chi connectivity index (χ3n) is 7.16. The molecule has 3 aliphatic rings. The summed E-state index contributed by atoms with van der Waals surface area (Å²) in [6, 6.07) is 8.08. The Balaban J connectivity index is 1.62. The number of ether oxygens (including phenoxy) is 1. The van der Waals surface area contributed by atoms with Gasteiger partial charge in [-0.2, -0.15) is 0 Å². The molecule has 2 bridgehead atoms. The third-order valence-corrected chi connectivity index (χ3v) is 7.70. The molecule has 0 unspecified atom stereocenters. The molecule has 9 heteroatoms. The number of benzene rings is 1. The molecule has 4 N–H and O–H groups in total. The third kappa shape index (κ3) is 4.12. The highest BCUT2D eigenvalue weighted by molar-refractivity contribution is 7.46. The van der Waals surface area contributed by atoms with E-state index in [0.29, 0.717) is 25.3 Å². The van der Waals surface area contributed by atoms with Crippen LogP contribution in [0.1, 0.15) is 31.2 Å². The van der Waals surface area contributed by atoms with Crippen LogP contribution < -0.4 is 10.1 Å². The van der Waals surface area contributed by atoms with Gasteiger partial charge in [0, 0.05) is 30.1 Å². The molecule has 3 fully saturated rings. The summed E-state index contributed by atoms with van der Waals surface area (Å²) < 4.78 is 21.8. The second kappa shape index (κ2) is 7.93. The van der Waals surface area contributed by atoms with Gasteiger partial charge in [-0.05, 0) is 56.8 Å². The zero-order chi connectivity index (χ0) is 20.8. The molecule has 1 aromatic rings. The van der Waals surface area contributed by atoms with Crippen LogP contribution >= 0.6 is 7.82 Å². The lowest BCUT2D eigenvalue weighted by Crippen LogP contribution is -2.66. The lowest BCUT2D eigenvalue weighted by atomic mass is 9.65. The number of hydrogen-bond donors (Lipinski definition) is 4. The Bertz CT molecular complexity index is 771. The van der Waals surface area contributed by atoms with Gasteiger partial charge in [0.15, 0.2) is 0 Å². The predicted molar refractivity (Wildman–Crippen MR) is 108 cm³/mol. The maximum Gasteiger partial charge on any atom is 0.469 e. The van der Waals surface area contributed by atoms with Crippen molar-refractivity contribution in [1.29, 1.82) is 0 Å². The van der Waals surface area contributed by atoms with Gasteiger partial charge in [-0.1, -0.05) is 12.1 Å². The van der Waals surface area contributed by atoms with Crippen LogP contribution in [-0.4, -0.2) is 70.3 Å². The van der Waals surface area contributed by atoms with Crippen molar-refractivity contribution in [1.82, 2.24) is 10.2 Å². The molecule has 0 radical (unpaired) electrons. The number of hydrogen-bond acceptors (Lipinski definition) is 6. The van der Waals surface area contributed by atoms with Crippen LogP contribution in [0.2, 0.25) is 0 Å². The Labute approximate surface area is 171 Å². The quantitative estimate of drug-likeness (QED) is 0.504. The summed E-state index contributed by atoms with van der Waals surface area (Å²) in [5, 5.41) is 14.7. The zero-order valence-corrected chi connectivity index (χ0v) is 17.8. The first-order valence-corrected chi connectivity index (χ1v) is 11.8. The maximum atomic E-state index is 11.5. The summed E-state index contributed by atoms with van der Waals surface area (Å²) in [5.74, 6) is 0.504. The van der Waals surface area contributed by atoms with E-state index in [9.17, 15) is 19.5 Å². The molecule has 8 nitrogen and oxygen atoms in total. The van der Waals surface area contributed by atoms with Gasteiger partial charge < -0.3 is 24.9 Å². The van der Waals surface area contributed by atoms with Crippen molar-refractivity contribution in [3.63, 3.8) is 0 Å². The van der Waals surface area contributed by atoms with Crippen molar-refractivity contribution < 1.29 is 28.7 Å². The number of phosphoric acid groups is 1. The Hall–Kier alpha value is -0.990. The second-order valence-electron chi connectivity index (χ2n) is 8.72. The number of nitrogens with one attached hydrogen (secondary N) is 1. The van der Waals surface area contributed by atoms with Crippen LogP contribution in [0.25, 0.3) is 0 Å². The number of piperidine rings is 1. The molecule has 0 aromatic heterocycles. The van der Waals surface area contributed by atoms with Crippen molar-refractivity contribution in [2.45, 2.75) is 61.9 Å². The Morgan fingerprint density at radius 1 is 1.28 bits per heavy atom. The molecule has 1 spiro atoms. The Kier molecular flexibility index (Phi) is 5.81. The van der Waals surface area contributed by atoms with E-state index in [2.05, 4.69) is 10.2 Å². The van der Waals surface area contributed by atoms with Crippen molar-refractivity contribution in [2.24, 2.45) is 5.92 Å². The highest BCUT2D eigenvalue weighted by atomic mass is 31.2. The standard InChI is InChI=1S/C20H31N2O6P/c1-21-14-10-20-8-7-18(28-29(24,25)26)16(11-20)19(23)17(22(20)12-14)9-13-3-5-15(27-2)6-4-13/h3-6,14,16-19,21,23H,7-12H2,1-2H3,(H2,24,25,26)/t14-,16-,17-,18-,19-,20+/m0/s1. The monoisotopic (exact) mass is 426 g/mol. The minimum Gasteiger partial charge on any atom is -0.497 e. The molecule has 162 valence electrons. The van der Waals surface area contributed by atoms with Crippen LogP contribution in [0.4, 0.5) is 0 Å². The first-order chi connectivity index (χ1) is 13.7. The molecular formula is C20H31N2O6P. The maximum absolute atomic E-state index is 11.5. The number of phosphoric ester groups is 1. The van der Waals surface area contributed by atoms with Crippen molar-refractivity contribution in [3.05, 3.63) is 29.8 Å². The normalized spacial score (nSPS) is 37.3. The molecule has 1 saturated carbocycles. The molecule has 4 rings (SSSR count). The first-order valence-electron chi connectivity index (χ1n) is 10.2. The number of likely N-dealkylation sites (N-methyl/N-ethyl adjacent to an activating group) is 1. The summed E-state index contributed by atoms with van der Waals surface area (Å²) in [7, 11) is -1.00. The summed E-state index contributed by atoms with van der Waals surface area (Å²) in [4.78, 5) is 21.1. The van der Waals surface area contributed by atoms with E-state index in [-0.39, 0.29) is 17.5 Å². The minimum absolute atomic E-state index is 0.0521. The Morgan fingerprint density at radius 2 is 2.00 bits per heavy atom. The summed E-state index contributed by atoms with van der Waals surface area (Å²) in [6.07, 6.45) is 2.39. The SMILES string of the molecule is CN[C@@H]1CN2[C@@H](Cc3ccc(OC)cc3)[C@@H](O)[C@H]3C[C@@]2(CC[C@@H]3OP(=O)(O)O)C1. The molecular weight excluding hydrogens is 395 g/mol. The number of aliphatic hydroxyl groups is 1. The van der Waals surface area contributed by atoms with Crippen LogP contribution in [0.3, 0.4) is 0 Å². The fraction of sp³-hybridized carbons (Fsp3) is 0.700. The molecule has 2 saturated heterocycles. The van der Waals surface area contributed by atoms with E-state index in [1.54, 1.807) is 7.11 Å². The topological polar surface area (TPSA) is 111 Å². The fourth-order valence-corrected chi connectivity index (χ4v) is 6.46. The number of rotatable bonds is 6. The fourth-order valence-electron chi connectivity index (χ4n) is 5.85. The largest absolute Gasteiger partial charge is 0.497 e. The summed E-state index contributed by atoms with van der Waals surface area (Å²) >= 11 is 0. The van der Waals surface area contributed by atoms with E-state index in [1.807, 2.05) is 31.3 Å². The van der Waals surface area contributed by atoms with Crippen molar-refractivity contribution >= 4 is 7.82 Å². The molecule has 2 heterocycles. The molecule has 6 atom stereocenters. The molecule has 1 aromatic carbocycles. The number of nitrogens with zero attached hydrogens (tertiary/aromatic N) is 1. The summed E-state index contributed by atoms with van der Waals surface area (Å²) in [5.41, 5.74) is 1.05. The number of aliphatic hydroxyl groups excluding tert-OH is 1. The van der Waals surface area contributed by atoms with E-state index in [1.165, 1.54) is 0 Å². The number of fused-ring (bicyclic) bond motifs is 1. The van der Waals surface area contributed by atoms with Gasteiger partial charge in [0.05, 0.1) is 19.3 Å². The average molecular weight is 426 g/mol. The second-order valence-corrected chi connectivity index (χ2v) is 9.91. The highest BCUT2D eigenvalue weighted by Crippen LogP contribution is 2.54. The molecule has 29 heavy (non-hydrogen) atoms. The molecule has 1 aliphatic carbocycles. The Morgan fingerprint density at radius 3 is 2.62 bits per heavy atom. The van der Waals surface area contributed by atoms with E-state index >= 15 is 0 Å². The van der Waals surface area contributed by atoms with Crippen LogP contribution in [-0.2, 0) is 15.5 Å². The van der Waals surface area contributed by atoms with E-state index in [4.69, 9.17) is 9.26 Å². The highest BCUT2D eigenvalue weighted by Gasteiger charge is 2.59. The lowest BCUT2D eigenvalue weighted by molar-refractivity contribution is -0.144. The van der Waals surface area contributed by atoms with Gasteiger partial charge >= 0.3 is 7.82 Å². The van der Waals surface area contributed by atoms with Gasteiger partial charge in [-0.25, -0.2) is 4.57 Å². The van der Waals surface area contributed by atoms with Gasteiger partial charge in [-0.15, -0.1) is 0 Å². The smallest absolute Gasteiger partial charge is 0.469 e. The summed E-state index contributed by atoms with van der Waals surface area (Å²) in [6.45, 7) is 0.866. The van der Waals surface area contributed by atoms with Gasteiger partial charge in [0.1, 0.15) is 5.75 Å². The van der Waals surface area contributed by atoms with Gasteiger partial charge in [0.25, 0.3) is 0 Å².